The van der Waals surface area contributed by atoms with Crippen LogP contribution in [0.1, 0.15) is 5.56 Å². The minimum absolute atomic E-state index is 0.220. The van der Waals surface area contributed by atoms with E-state index in [1.54, 1.807) is 12.1 Å². The summed E-state index contributed by atoms with van der Waals surface area (Å²) in [5.74, 6) is 0.467. The zero-order chi connectivity index (χ0) is 16.1. The smallest absolute Gasteiger partial charge is 0.189 e. The average molecular weight is 325 g/mol. The van der Waals surface area contributed by atoms with Crippen molar-refractivity contribution in [3.05, 3.63) is 72.0 Å². The molecule has 2 aromatic carbocycles. The van der Waals surface area contributed by atoms with Crippen LogP contribution < -0.4 is 5.32 Å². The van der Waals surface area contributed by atoms with Crippen molar-refractivity contribution in [3.8, 4) is 11.3 Å². The molecule has 0 fully saturated rings. The van der Waals surface area contributed by atoms with Gasteiger partial charge in [0.25, 0.3) is 0 Å². The van der Waals surface area contributed by atoms with Crippen molar-refractivity contribution in [3.63, 3.8) is 0 Å². The number of hydrogen-bond acceptors (Lipinski definition) is 4. The molecule has 0 amide bonds. The lowest BCUT2D eigenvalue weighted by atomic mass is 10.1. The highest BCUT2D eigenvalue weighted by molar-refractivity contribution is 7.98. The molecular formula is C18H16FN3S. The van der Waals surface area contributed by atoms with Gasteiger partial charge in [-0.05, 0) is 12.3 Å². The Morgan fingerprint density at radius 2 is 1.74 bits per heavy atom. The Hall–Kier alpha value is -2.40. The van der Waals surface area contributed by atoms with Crippen LogP contribution in [0.5, 0.6) is 0 Å². The summed E-state index contributed by atoms with van der Waals surface area (Å²) in [5, 5.41) is 3.86. The van der Waals surface area contributed by atoms with Crippen LogP contribution in [0.15, 0.2) is 65.8 Å². The average Bonchev–Trinajstić information content (AvgIpc) is 2.61. The maximum absolute atomic E-state index is 13.7. The number of aromatic nitrogens is 2. The van der Waals surface area contributed by atoms with Crippen LogP contribution in [0, 0.1) is 5.82 Å². The van der Waals surface area contributed by atoms with Gasteiger partial charge in [0.05, 0.1) is 5.69 Å². The number of nitrogens with zero attached hydrogens (tertiary/aromatic N) is 2. The first kappa shape index (κ1) is 15.5. The quantitative estimate of drug-likeness (QED) is 0.549. The topological polar surface area (TPSA) is 37.8 Å². The van der Waals surface area contributed by atoms with Gasteiger partial charge < -0.3 is 5.32 Å². The number of rotatable bonds is 5. The molecule has 5 heteroatoms. The molecule has 1 aromatic heterocycles. The lowest BCUT2D eigenvalue weighted by Gasteiger charge is -2.10. The van der Waals surface area contributed by atoms with Gasteiger partial charge in [-0.2, -0.15) is 0 Å². The second kappa shape index (κ2) is 7.24. The molecular weight excluding hydrogens is 309 g/mol. The Kier molecular flexibility index (Phi) is 4.88. The summed E-state index contributed by atoms with van der Waals surface area (Å²) in [6, 6.07) is 18.5. The fourth-order valence-corrected chi connectivity index (χ4v) is 2.57. The standard InChI is InChI=1S/C18H16FN3S/c1-23-18-21-16(13-7-3-2-4-8-13)11-17(22-18)20-12-14-9-5-6-10-15(14)19/h2-11H,12H2,1H3,(H,20,21,22). The zero-order valence-corrected chi connectivity index (χ0v) is 13.5. The van der Waals surface area contributed by atoms with E-state index in [0.717, 1.165) is 11.3 Å². The van der Waals surface area contributed by atoms with Gasteiger partial charge in [0, 0.05) is 23.7 Å². The van der Waals surface area contributed by atoms with Crippen molar-refractivity contribution >= 4 is 17.6 Å². The van der Waals surface area contributed by atoms with Gasteiger partial charge in [0.15, 0.2) is 5.16 Å². The molecule has 0 unspecified atom stereocenters. The molecule has 0 radical (unpaired) electrons. The van der Waals surface area contributed by atoms with Gasteiger partial charge in [0.2, 0.25) is 0 Å². The number of anilines is 1. The SMILES string of the molecule is CSc1nc(NCc2ccccc2F)cc(-c2ccccc2)n1. The highest BCUT2D eigenvalue weighted by Gasteiger charge is 2.07. The van der Waals surface area contributed by atoms with E-state index in [2.05, 4.69) is 15.3 Å². The van der Waals surface area contributed by atoms with Crippen LogP contribution in [-0.2, 0) is 6.54 Å². The number of benzene rings is 2. The predicted octanol–water partition coefficient (Wildman–Crippen LogP) is 4.62. The van der Waals surface area contributed by atoms with Gasteiger partial charge in [-0.25, -0.2) is 14.4 Å². The van der Waals surface area contributed by atoms with Crippen LogP contribution in [0.2, 0.25) is 0 Å². The van der Waals surface area contributed by atoms with Crippen molar-refractivity contribution in [1.29, 1.82) is 0 Å². The summed E-state index contributed by atoms with van der Waals surface area (Å²) in [5.41, 5.74) is 2.48. The Balaban J connectivity index is 1.86. The number of hydrogen-bond donors (Lipinski definition) is 1. The summed E-state index contributed by atoms with van der Waals surface area (Å²) >= 11 is 1.48. The van der Waals surface area contributed by atoms with Crippen LogP contribution >= 0.6 is 11.8 Å². The molecule has 116 valence electrons. The van der Waals surface area contributed by atoms with Crippen molar-refractivity contribution in [2.75, 3.05) is 11.6 Å². The van der Waals surface area contributed by atoms with Crippen molar-refractivity contribution in [2.24, 2.45) is 0 Å². The minimum atomic E-state index is -0.220. The third-order valence-electron chi connectivity index (χ3n) is 3.38. The predicted molar refractivity (Wildman–Crippen MR) is 93.0 cm³/mol. The van der Waals surface area contributed by atoms with Crippen LogP contribution in [0.3, 0.4) is 0 Å². The summed E-state index contributed by atoms with van der Waals surface area (Å²) in [4.78, 5) is 8.97. The Labute approximate surface area is 139 Å². The Morgan fingerprint density at radius 1 is 1.00 bits per heavy atom. The third-order valence-corrected chi connectivity index (χ3v) is 3.92. The van der Waals surface area contributed by atoms with E-state index in [-0.39, 0.29) is 5.82 Å². The molecule has 0 saturated carbocycles. The van der Waals surface area contributed by atoms with E-state index in [1.165, 1.54) is 17.8 Å². The number of thioether (sulfide) groups is 1. The molecule has 1 N–H and O–H groups in total. The molecule has 0 aliphatic heterocycles. The molecule has 0 aliphatic rings. The first-order chi connectivity index (χ1) is 11.3. The van der Waals surface area contributed by atoms with Gasteiger partial charge in [0.1, 0.15) is 11.6 Å². The zero-order valence-electron chi connectivity index (χ0n) is 12.7. The molecule has 1 heterocycles. The van der Waals surface area contributed by atoms with E-state index < -0.39 is 0 Å². The summed E-state index contributed by atoms with van der Waals surface area (Å²) < 4.78 is 13.7. The number of nitrogens with one attached hydrogen (secondary N) is 1. The monoisotopic (exact) mass is 325 g/mol. The largest absolute Gasteiger partial charge is 0.366 e. The molecule has 0 saturated heterocycles. The summed E-state index contributed by atoms with van der Waals surface area (Å²) in [6.45, 7) is 0.381. The molecule has 3 rings (SSSR count). The normalized spacial score (nSPS) is 10.5. The van der Waals surface area contributed by atoms with E-state index in [4.69, 9.17) is 0 Å². The highest BCUT2D eigenvalue weighted by atomic mass is 32.2. The summed E-state index contributed by atoms with van der Waals surface area (Å²) in [7, 11) is 0. The van der Waals surface area contributed by atoms with Crippen LogP contribution in [0.25, 0.3) is 11.3 Å². The Morgan fingerprint density at radius 3 is 2.48 bits per heavy atom. The van der Waals surface area contributed by atoms with Crippen molar-refractivity contribution in [1.82, 2.24) is 9.97 Å². The van der Waals surface area contributed by atoms with Crippen molar-refractivity contribution in [2.45, 2.75) is 11.7 Å². The van der Waals surface area contributed by atoms with E-state index in [1.807, 2.05) is 48.7 Å². The number of halogens is 1. The third kappa shape index (κ3) is 3.87. The van der Waals surface area contributed by atoms with Crippen molar-refractivity contribution < 1.29 is 4.39 Å². The van der Waals surface area contributed by atoms with E-state index >= 15 is 0 Å². The maximum atomic E-state index is 13.7. The summed E-state index contributed by atoms with van der Waals surface area (Å²) in [6.07, 6.45) is 1.94. The molecule has 0 atom stereocenters. The first-order valence-corrected chi connectivity index (χ1v) is 8.44. The van der Waals surface area contributed by atoms with E-state index in [9.17, 15) is 4.39 Å². The second-order valence-corrected chi connectivity index (χ2v) is 5.71. The maximum Gasteiger partial charge on any atom is 0.189 e. The lowest BCUT2D eigenvalue weighted by molar-refractivity contribution is 0.613. The highest BCUT2D eigenvalue weighted by Crippen LogP contribution is 2.23. The Bertz CT molecular complexity index is 793. The molecule has 0 aliphatic carbocycles. The molecule has 23 heavy (non-hydrogen) atoms. The van der Waals surface area contributed by atoms with Gasteiger partial charge in [-0.15, -0.1) is 0 Å². The fraction of sp³-hybridized carbons (Fsp3) is 0.111. The minimum Gasteiger partial charge on any atom is -0.366 e. The first-order valence-electron chi connectivity index (χ1n) is 7.22. The molecule has 0 spiro atoms. The molecule has 3 nitrogen and oxygen atoms in total. The van der Waals surface area contributed by atoms with Gasteiger partial charge in [-0.3, -0.25) is 0 Å². The molecule has 3 aromatic rings. The van der Waals surface area contributed by atoms with Crippen LogP contribution in [-0.4, -0.2) is 16.2 Å². The van der Waals surface area contributed by atoms with Crippen LogP contribution in [0.4, 0.5) is 10.2 Å². The second-order valence-electron chi connectivity index (χ2n) is 4.94. The van der Waals surface area contributed by atoms with Gasteiger partial charge in [-0.1, -0.05) is 60.3 Å². The molecule has 0 bridgehead atoms. The van der Waals surface area contributed by atoms with E-state index in [0.29, 0.717) is 23.1 Å². The lowest BCUT2D eigenvalue weighted by Crippen LogP contribution is -2.05. The van der Waals surface area contributed by atoms with Gasteiger partial charge >= 0.3 is 0 Å². The fourth-order valence-electron chi connectivity index (χ4n) is 2.19.